The zero-order valence-electron chi connectivity index (χ0n) is 33.0. The van der Waals surface area contributed by atoms with Gasteiger partial charge in [-0.2, -0.15) is 20.2 Å². The maximum absolute atomic E-state index is 10.1. The van der Waals surface area contributed by atoms with Crippen LogP contribution in [0.3, 0.4) is 0 Å². The molecule has 7 N–H and O–H groups in total. The second kappa shape index (κ2) is 17.0. The van der Waals surface area contributed by atoms with Crippen LogP contribution in [-0.2, 0) is 6.61 Å². The lowest BCUT2D eigenvalue weighted by Gasteiger charge is -2.26. The molecule has 2 saturated carbocycles. The molecule has 0 saturated heterocycles. The molecule has 0 spiro atoms. The molecule has 0 atom stereocenters. The Morgan fingerprint density at radius 1 is 0.639 bits per heavy atom. The summed E-state index contributed by atoms with van der Waals surface area (Å²) in [5.74, 6) is 3.38. The fourth-order valence-electron chi connectivity index (χ4n) is 7.82. The standard InChI is InChI=1S/C43H44N12O4S2/c56-31-9-1-25(2-10-31)46-40-38-36(17-18-60-38)50-42(52-40)48-27-20-45-55(23-27)30-7-15-34(16-8-30)59-24-35-19-37-39(61-35)41(47-26-3-11-32(57)12-4-26)53-43(51-37)49-28-21-44-54(22-28)29-5-13-33(58)14-6-29/h5-8,13-23,25-26,31-32,56-58H,1-4,9-12,24H2,(H2,46,48,50,52)(H2,47,49,51,53). The van der Waals surface area contributed by atoms with Gasteiger partial charge < -0.3 is 41.3 Å². The summed E-state index contributed by atoms with van der Waals surface area (Å²) in [5.41, 5.74) is 4.82. The first-order valence-electron chi connectivity index (χ1n) is 20.4. The van der Waals surface area contributed by atoms with E-state index in [9.17, 15) is 15.3 Å². The number of nitrogens with zero attached hydrogens (tertiary/aromatic N) is 8. The number of benzene rings is 2. The second-order valence-electron chi connectivity index (χ2n) is 15.5. The normalized spacial score (nSPS) is 19.2. The third-order valence-electron chi connectivity index (χ3n) is 11.1. The van der Waals surface area contributed by atoms with Gasteiger partial charge in [0.05, 0.1) is 80.2 Å². The molecule has 312 valence electrons. The SMILES string of the molecule is Oc1ccc(-n2cc(Nc3nc(NC4CCC(O)CC4)c4sc(COc5ccc(-n6cc(Nc7nc(NC8CCC(O)CC8)c8sccc8n7)cn6)cc5)cc4n3)cn2)cc1. The first kappa shape index (κ1) is 38.8. The first-order chi connectivity index (χ1) is 29.8. The molecular weight excluding hydrogens is 813 g/mol. The molecule has 6 heterocycles. The van der Waals surface area contributed by atoms with Crippen LogP contribution in [0.4, 0.5) is 34.9 Å². The number of phenols is 1. The van der Waals surface area contributed by atoms with Crippen molar-refractivity contribution >= 4 is 78.0 Å². The maximum Gasteiger partial charge on any atom is 0.229 e. The predicted molar refractivity (Wildman–Crippen MR) is 238 cm³/mol. The maximum atomic E-state index is 10.1. The number of nitrogens with one attached hydrogen (secondary N) is 4. The summed E-state index contributed by atoms with van der Waals surface area (Å²) in [5, 5.41) is 54.7. The van der Waals surface area contributed by atoms with Gasteiger partial charge in [0.1, 0.15) is 29.7 Å². The summed E-state index contributed by atoms with van der Waals surface area (Å²) in [6.45, 7) is 0.349. The first-order valence-corrected chi connectivity index (χ1v) is 22.1. The van der Waals surface area contributed by atoms with Gasteiger partial charge >= 0.3 is 0 Å². The smallest absolute Gasteiger partial charge is 0.229 e. The van der Waals surface area contributed by atoms with Crippen LogP contribution in [0.15, 0.2) is 90.8 Å². The number of aromatic nitrogens is 8. The molecule has 0 radical (unpaired) electrons. The van der Waals surface area contributed by atoms with E-state index in [2.05, 4.69) is 31.5 Å². The Bertz CT molecular complexity index is 2750. The van der Waals surface area contributed by atoms with Crippen molar-refractivity contribution in [1.82, 2.24) is 39.5 Å². The quantitative estimate of drug-likeness (QED) is 0.0583. The van der Waals surface area contributed by atoms with Crippen LogP contribution in [0, 0.1) is 0 Å². The van der Waals surface area contributed by atoms with Gasteiger partial charge in [0.15, 0.2) is 0 Å². The summed E-state index contributed by atoms with van der Waals surface area (Å²) < 4.78 is 11.7. The van der Waals surface area contributed by atoms with E-state index in [1.165, 1.54) is 0 Å². The Hall–Kier alpha value is -6.34. The van der Waals surface area contributed by atoms with Gasteiger partial charge in [-0.15, -0.1) is 22.7 Å². The zero-order valence-corrected chi connectivity index (χ0v) is 34.6. The number of fused-ring (bicyclic) bond motifs is 2. The van der Waals surface area contributed by atoms with Crippen molar-refractivity contribution in [3.8, 4) is 22.9 Å². The monoisotopic (exact) mass is 856 g/mol. The molecule has 0 aliphatic heterocycles. The highest BCUT2D eigenvalue weighted by molar-refractivity contribution is 7.19. The van der Waals surface area contributed by atoms with Crippen molar-refractivity contribution in [2.45, 2.75) is 82.3 Å². The van der Waals surface area contributed by atoms with E-state index in [0.717, 1.165) is 111 Å². The topological polar surface area (TPSA) is 205 Å². The average molecular weight is 857 g/mol. The number of rotatable bonds is 13. The Morgan fingerprint density at radius 3 is 1.77 bits per heavy atom. The molecule has 6 aromatic heterocycles. The molecule has 16 nitrogen and oxygen atoms in total. The third kappa shape index (κ3) is 8.93. The van der Waals surface area contributed by atoms with Crippen LogP contribution in [-0.4, -0.2) is 79.1 Å². The Labute approximate surface area is 358 Å². The molecule has 2 aliphatic rings. The molecule has 2 fully saturated rings. The van der Waals surface area contributed by atoms with Gasteiger partial charge in [-0.1, -0.05) is 0 Å². The van der Waals surface area contributed by atoms with Crippen molar-refractivity contribution in [2.24, 2.45) is 0 Å². The summed E-state index contributed by atoms with van der Waals surface area (Å²) in [7, 11) is 0. The van der Waals surface area contributed by atoms with Crippen LogP contribution in [0.25, 0.3) is 31.8 Å². The van der Waals surface area contributed by atoms with E-state index in [1.807, 2.05) is 54.2 Å². The fraction of sp³-hybridized carbons (Fsp3) is 0.302. The summed E-state index contributed by atoms with van der Waals surface area (Å²) in [6, 6.07) is 19.1. The highest BCUT2D eigenvalue weighted by Crippen LogP contribution is 2.35. The van der Waals surface area contributed by atoms with Crippen molar-refractivity contribution in [2.75, 3.05) is 21.3 Å². The number of aliphatic hydroxyl groups excluding tert-OH is 2. The summed E-state index contributed by atoms with van der Waals surface area (Å²) >= 11 is 3.21. The van der Waals surface area contributed by atoms with Crippen molar-refractivity contribution in [3.63, 3.8) is 0 Å². The molecule has 18 heteroatoms. The average Bonchev–Trinajstić information content (AvgIpc) is 4.11. The number of phenolic OH excluding ortho intramolecular Hbond substituents is 1. The number of ether oxygens (including phenoxy) is 1. The lowest BCUT2D eigenvalue weighted by atomic mass is 9.93. The summed E-state index contributed by atoms with van der Waals surface area (Å²) in [6.07, 6.45) is 13.3. The van der Waals surface area contributed by atoms with E-state index in [4.69, 9.17) is 24.7 Å². The van der Waals surface area contributed by atoms with E-state index in [1.54, 1.807) is 68.7 Å². The predicted octanol–water partition coefficient (Wildman–Crippen LogP) is 8.27. The lowest BCUT2D eigenvalue weighted by molar-refractivity contribution is 0.125. The lowest BCUT2D eigenvalue weighted by Crippen LogP contribution is -2.28. The highest BCUT2D eigenvalue weighted by atomic mass is 32.1. The van der Waals surface area contributed by atoms with E-state index >= 15 is 0 Å². The number of thiophene rings is 2. The van der Waals surface area contributed by atoms with E-state index in [-0.39, 0.29) is 30.0 Å². The number of hydrogen-bond acceptors (Lipinski definition) is 16. The minimum absolute atomic E-state index is 0.191. The summed E-state index contributed by atoms with van der Waals surface area (Å²) in [4.78, 5) is 20.3. The minimum Gasteiger partial charge on any atom is -0.508 e. The molecule has 61 heavy (non-hydrogen) atoms. The largest absolute Gasteiger partial charge is 0.508 e. The van der Waals surface area contributed by atoms with Crippen molar-refractivity contribution < 1.29 is 20.1 Å². The molecule has 8 aromatic rings. The zero-order chi connectivity index (χ0) is 41.3. The number of aromatic hydroxyl groups is 1. The van der Waals surface area contributed by atoms with E-state index in [0.29, 0.717) is 24.2 Å². The Morgan fingerprint density at radius 2 is 1.18 bits per heavy atom. The van der Waals surface area contributed by atoms with Gasteiger partial charge in [0.25, 0.3) is 0 Å². The number of aliphatic hydroxyl groups is 2. The fourth-order valence-corrected chi connectivity index (χ4v) is 9.56. The molecule has 2 aromatic carbocycles. The van der Waals surface area contributed by atoms with Crippen molar-refractivity contribution in [3.05, 3.63) is 95.7 Å². The molecule has 0 amide bonds. The van der Waals surface area contributed by atoms with Gasteiger partial charge in [0, 0.05) is 17.0 Å². The molecule has 0 bridgehead atoms. The molecule has 0 unspecified atom stereocenters. The van der Waals surface area contributed by atoms with Crippen LogP contribution >= 0.6 is 22.7 Å². The number of hydrogen-bond donors (Lipinski definition) is 7. The van der Waals surface area contributed by atoms with Crippen LogP contribution in [0.5, 0.6) is 11.5 Å². The molecular formula is C43H44N12O4S2. The highest BCUT2D eigenvalue weighted by Gasteiger charge is 2.23. The van der Waals surface area contributed by atoms with Crippen LogP contribution in [0.2, 0.25) is 0 Å². The van der Waals surface area contributed by atoms with Gasteiger partial charge in [-0.25, -0.2) is 19.3 Å². The molecule has 2 aliphatic carbocycles. The van der Waals surface area contributed by atoms with E-state index < -0.39 is 0 Å². The van der Waals surface area contributed by atoms with Gasteiger partial charge in [0.2, 0.25) is 11.9 Å². The minimum atomic E-state index is -0.257. The van der Waals surface area contributed by atoms with Crippen LogP contribution in [0.1, 0.15) is 56.2 Å². The number of anilines is 6. The van der Waals surface area contributed by atoms with Gasteiger partial charge in [-0.3, -0.25) is 0 Å². The van der Waals surface area contributed by atoms with Gasteiger partial charge in [-0.05, 0) is 117 Å². The Balaban J connectivity index is 0.812. The third-order valence-corrected chi connectivity index (χ3v) is 13.1. The Kier molecular flexibility index (Phi) is 10.8. The van der Waals surface area contributed by atoms with Crippen molar-refractivity contribution in [1.29, 1.82) is 0 Å². The van der Waals surface area contributed by atoms with Crippen LogP contribution < -0.4 is 26.0 Å². The molecule has 10 rings (SSSR count). The second-order valence-corrected chi connectivity index (χ2v) is 17.6.